The number of hydrogen-bond acceptors (Lipinski definition) is 3. The van der Waals surface area contributed by atoms with Crippen molar-refractivity contribution in [1.82, 2.24) is 5.32 Å². The predicted octanol–water partition coefficient (Wildman–Crippen LogP) is 1.06. The van der Waals surface area contributed by atoms with E-state index < -0.39 is 5.41 Å². The first-order valence-corrected chi connectivity index (χ1v) is 5.18. The van der Waals surface area contributed by atoms with Gasteiger partial charge in [-0.1, -0.05) is 6.42 Å². The van der Waals surface area contributed by atoms with Gasteiger partial charge in [-0.3, -0.25) is 4.79 Å². The number of aliphatic hydroxyl groups excluding tert-OH is 1. The van der Waals surface area contributed by atoms with Crippen molar-refractivity contribution in [2.75, 3.05) is 6.61 Å². The highest BCUT2D eigenvalue weighted by molar-refractivity contribution is 5.83. The van der Waals surface area contributed by atoms with Crippen LogP contribution in [0.1, 0.15) is 25.0 Å². The summed E-state index contributed by atoms with van der Waals surface area (Å²) in [7, 11) is 0. The molecule has 0 atom stereocenters. The van der Waals surface area contributed by atoms with E-state index in [0.29, 0.717) is 6.54 Å². The molecule has 1 fully saturated rings. The van der Waals surface area contributed by atoms with Crippen LogP contribution in [-0.4, -0.2) is 17.6 Å². The topological polar surface area (TPSA) is 62.5 Å². The van der Waals surface area contributed by atoms with Crippen LogP contribution in [0.25, 0.3) is 0 Å². The van der Waals surface area contributed by atoms with Gasteiger partial charge in [-0.25, -0.2) is 0 Å². The summed E-state index contributed by atoms with van der Waals surface area (Å²) in [6.45, 7) is 0.338. The summed E-state index contributed by atoms with van der Waals surface area (Å²) in [5.41, 5.74) is -0.521. The van der Waals surface area contributed by atoms with Crippen LogP contribution < -0.4 is 5.32 Å². The number of amides is 1. The zero-order valence-electron chi connectivity index (χ0n) is 8.53. The molecule has 1 amide bonds. The smallest absolute Gasteiger partial charge is 0.228 e. The molecule has 0 radical (unpaired) electrons. The maximum Gasteiger partial charge on any atom is 0.228 e. The summed E-state index contributed by atoms with van der Waals surface area (Å²) < 4.78 is 5.10. The van der Waals surface area contributed by atoms with E-state index in [1.54, 1.807) is 12.3 Å². The van der Waals surface area contributed by atoms with Gasteiger partial charge >= 0.3 is 0 Å². The molecule has 1 aliphatic carbocycles. The van der Waals surface area contributed by atoms with E-state index in [2.05, 4.69) is 5.32 Å². The van der Waals surface area contributed by atoms with E-state index in [-0.39, 0.29) is 12.5 Å². The number of carbonyl (C=O) groups is 1. The van der Waals surface area contributed by atoms with Gasteiger partial charge in [-0.2, -0.15) is 0 Å². The first kappa shape index (κ1) is 10.2. The minimum absolute atomic E-state index is 0.0585. The van der Waals surface area contributed by atoms with E-state index in [0.717, 1.165) is 25.0 Å². The van der Waals surface area contributed by atoms with Crippen molar-refractivity contribution in [2.45, 2.75) is 25.8 Å². The van der Waals surface area contributed by atoms with E-state index in [9.17, 15) is 9.90 Å². The lowest BCUT2D eigenvalue weighted by atomic mass is 9.68. The van der Waals surface area contributed by atoms with Gasteiger partial charge in [0, 0.05) is 0 Å². The van der Waals surface area contributed by atoms with Crippen LogP contribution in [0.15, 0.2) is 22.8 Å². The van der Waals surface area contributed by atoms with Crippen molar-refractivity contribution in [3.8, 4) is 0 Å². The second kappa shape index (κ2) is 4.06. The molecule has 0 spiro atoms. The Morgan fingerprint density at radius 2 is 2.40 bits per heavy atom. The molecule has 1 aromatic rings. The lowest BCUT2D eigenvalue weighted by molar-refractivity contribution is -0.139. The number of nitrogens with one attached hydrogen (secondary N) is 1. The predicted molar refractivity (Wildman–Crippen MR) is 53.9 cm³/mol. The van der Waals surface area contributed by atoms with Crippen molar-refractivity contribution in [3.05, 3.63) is 24.2 Å². The van der Waals surface area contributed by atoms with E-state index in [1.165, 1.54) is 0 Å². The Hall–Kier alpha value is -1.29. The molecule has 4 heteroatoms. The van der Waals surface area contributed by atoms with E-state index in [4.69, 9.17) is 4.42 Å². The Kier molecular flexibility index (Phi) is 2.77. The summed E-state index contributed by atoms with van der Waals surface area (Å²) in [6, 6.07) is 3.60. The fraction of sp³-hybridized carbons (Fsp3) is 0.545. The molecule has 0 unspecified atom stereocenters. The number of carbonyl (C=O) groups excluding carboxylic acids is 1. The minimum atomic E-state index is -0.521. The van der Waals surface area contributed by atoms with Crippen LogP contribution in [0.5, 0.6) is 0 Å². The molecule has 1 aliphatic rings. The zero-order chi connectivity index (χ0) is 10.7. The maximum absolute atomic E-state index is 11.8. The number of aliphatic hydroxyl groups is 1. The Bertz CT molecular complexity index is 322. The monoisotopic (exact) mass is 209 g/mol. The van der Waals surface area contributed by atoms with Gasteiger partial charge in [-0.15, -0.1) is 0 Å². The number of hydrogen-bond donors (Lipinski definition) is 2. The summed E-state index contributed by atoms with van der Waals surface area (Å²) in [6.07, 6.45) is 4.17. The molecular formula is C11H15NO3. The normalized spacial score (nSPS) is 18.2. The molecule has 2 N–H and O–H groups in total. The summed E-state index contributed by atoms with van der Waals surface area (Å²) >= 11 is 0. The van der Waals surface area contributed by atoms with Crippen molar-refractivity contribution in [1.29, 1.82) is 0 Å². The van der Waals surface area contributed by atoms with Gasteiger partial charge in [-0.05, 0) is 25.0 Å². The molecule has 2 rings (SSSR count). The second-order valence-corrected chi connectivity index (χ2v) is 4.05. The third kappa shape index (κ3) is 1.90. The first-order valence-electron chi connectivity index (χ1n) is 5.18. The molecule has 15 heavy (non-hydrogen) atoms. The summed E-state index contributed by atoms with van der Waals surface area (Å²) in [5, 5.41) is 12.0. The lowest BCUT2D eigenvalue weighted by Gasteiger charge is -2.38. The average Bonchev–Trinajstić information content (AvgIpc) is 2.66. The Morgan fingerprint density at radius 1 is 1.60 bits per heavy atom. The van der Waals surface area contributed by atoms with Crippen molar-refractivity contribution >= 4 is 5.91 Å². The number of furan rings is 1. The molecule has 1 heterocycles. The van der Waals surface area contributed by atoms with Gasteiger partial charge in [0.25, 0.3) is 0 Å². The highest BCUT2D eigenvalue weighted by atomic mass is 16.3. The minimum Gasteiger partial charge on any atom is -0.467 e. The molecule has 0 aromatic carbocycles. The first-order chi connectivity index (χ1) is 7.27. The third-order valence-electron chi connectivity index (χ3n) is 3.10. The van der Waals surface area contributed by atoms with Crippen LogP contribution in [0.3, 0.4) is 0 Å². The van der Waals surface area contributed by atoms with Crippen LogP contribution in [0, 0.1) is 5.41 Å². The maximum atomic E-state index is 11.8. The lowest BCUT2D eigenvalue weighted by Crippen LogP contribution is -2.47. The summed E-state index contributed by atoms with van der Waals surface area (Å²) in [5.74, 6) is 0.670. The van der Waals surface area contributed by atoms with Gasteiger partial charge in [0.1, 0.15) is 5.76 Å². The van der Waals surface area contributed by atoms with Crippen LogP contribution in [-0.2, 0) is 11.3 Å². The molecule has 82 valence electrons. The fourth-order valence-corrected chi connectivity index (χ4v) is 1.83. The third-order valence-corrected chi connectivity index (χ3v) is 3.10. The van der Waals surface area contributed by atoms with Crippen LogP contribution in [0.2, 0.25) is 0 Å². The standard InChI is InChI=1S/C11H15NO3/c13-8-11(4-2-5-11)10(14)12-7-9-3-1-6-15-9/h1,3,6,13H,2,4-5,7-8H2,(H,12,14). The Morgan fingerprint density at radius 3 is 2.87 bits per heavy atom. The zero-order valence-corrected chi connectivity index (χ0v) is 8.53. The highest BCUT2D eigenvalue weighted by Crippen LogP contribution is 2.40. The van der Waals surface area contributed by atoms with Crippen LogP contribution >= 0.6 is 0 Å². The molecule has 0 saturated heterocycles. The van der Waals surface area contributed by atoms with Crippen molar-refractivity contribution in [2.24, 2.45) is 5.41 Å². The highest BCUT2D eigenvalue weighted by Gasteiger charge is 2.43. The van der Waals surface area contributed by atoms with Gasteiger partial charge in [0.15, 0.2) is 0 Å². The molecular weight excluding hydrogens is 194 g/mol. The molecule has 1 saturated carbocycles. The van der Waals surface area contributed by atoms with Gasteiger partial charge < -0.3 is 14.8 Å². The molecule has 4 nitrogen and oxygen atoms in total. The molecule has 1 aromatic heterocycles. The molecule has 0 bridgehead atoms. The van der Waals surface area contributed by atoms with E-state index in [1.807, 2.05) is 6.07 Å². The average molecular weight is 209 g/mol. The van der Waals surface area contributed by atoms with Gasteiger partial charge in [0.2, 0.25) is 5.91 Å². The Labute approximate surface area is 88.3 Å². The quantitative estimate of drug-likeness (QED) is 0.779. The summed E-state index contributed by atoms with van der Waals surface area (Å²) in [4.78, 5) is 11.8. The number of rotatable bonds is 4. The molecule has 0 aliphatic heterocycles. The van der Waals surface area contributed by atoms with Crippen molar-refractivity contribution in [3.63, 3.8) is 0 Å². The van der Waals surface area contributed by atoms with Gasteiger partial charge in [0.05, 0.1) is 24.8 Å². The van der Waals surface area contributed by atoms with E-state index >= 15 is 0 Å². The Balaban J connectivity index is 1.87. The SMILES string of the molecule is O=C(NCc1ccco1)C1(CO)CCC1. The largest absolute Gasteiger partial charge is 0.467 e. The van der Waals surface area contributed by atoms with Crippen molar-refractivity contribution < 1.29 is 14.3 Å². The fourth-order valence-electron chi connectivity index (χ4n) is 1.83. The van der Waals surface area contributed by atoms with Crippen LogP contribution in [0.4, 0.5) is 0 Å². The second-order valence-electron chi connectivity index (χ2n) is 4.05.